The highest BCUT2D eigenvalue weighted by Crippen LogP contribution is 2.32. The Morgan fingerprint density at radius 3 is 2.71 bits per heavy atom. The predicted molar refractivity (Wildman–Crippen MR) is 115 cm³/mol. The first-order valence-corrected chi connectivity index (χ1v) is 10.9. The maximum atomic E-state index is 13.1. The van der Waals surface area contributed by atoms with Gasteiger partial charge in [0, 0.05) is 19.2 Å². The fourth-order valence-electron chi connectivity index (χ4n) is 3.49. The Morgan fingerprint density at radius 2 is 2.09 bits per heavy atom. The van der Waals surface area contributed by atoms with Crippen LogP contribution in [-0.2, 0) is 20.4 Å². The summed E-state index contributed by atoms with van der Waals surface area (Å²) in [7, 11) is 0. The molecule has 3 atom stereocenters. The summed E-state index contributed by atoms with van der Waals surface area (Å²) in [5, 5.41) is 2.61. The van der Waals surface area contributed by atoms with Crippen molar-refractivity contribution in [3.8, 4) is 12.3 Å². The first-order valence-electron chi connectivity index (χ1n) is 10.9. The quantitative estimate of drug-likeness (QED) is 0.355. The molecule has 1 aromatic heterocycles. The smallest absolute Gasteiger partial charge is 0.423 e. The number of alkyl halides is 3. The number of H-pyrrole nitrogens is 1. The van der Waals surface area contributed by atoms with E-state index in [1.165, 1.54) is 0 Å². The molecule has 0 unspecified atom stereocenters. The second kappa shape index (κ2) is 12.6. The zero-order chi connectivity index (χ0) is 25.3. The fraction of sp³-hybridized carbons (Fsp3) is 0.667. The summed E-state index contributed by atoms with van der Waals surface area (Å²) in [6, 6.07) is 0. The van der Waals surface area contributed by atoms with Gasteiger partial charge in [-0.25, -0.2) is 9.59 Å². The number of aromatic amines is 1. The molecule has 190 valence electrons. The van der Waals surface area contributed by atoms with Gasteiger partial charge in [-0.15, -0.1) is 6.42 Å². The third-order valence-corrected chi connectivity index (χ3v) is 5.34. The van der Waals surface area contributed by atoms with Crippen LogP contribution in [0, 0.1) is 12.3 Å². The summed E-state index contributed by atoms with van der Waals surface area (Å²) >= 11 is 0. The van der Waals surface area contributed by atoms with E-state index < -0.39 is 47.5 Å². The van der Waals surface area contributed by atoms with Crippen molar-refractivity contribution in [2.75, 3.05) is 39.4 Å². The average molecular weight is 490 g/mol. The second-order valence-electron chi connectivity index (χ2n) is 7.53. The second-order valence-corrected chi connectivity index (χ2v) is 7.53. The summed E-state index contributed by atoms with van der Waals surface area (Å²) in [5.41, 5.74) is -4.17. The number of amides is 1. The van der Waals surface area contributed by atoms with Crippen LogP contribution in [0.15, 0.2) is 15.8 Å². The molecule has 1 saturated heterocycles. The van der Waals surface area contributed by atoms with E-state index >= 15 is 0 Å². The number of hydrogen-bond acceptors (Lipinski definition) is 7. The van der Waals surface area contributed by atoms with Crippen molar-refractivity contribution in [2.24, 2.45) is 0 Å². The summed E-state index contributed by atoms with van der Waals surface area (Å²) in [5.74, 6) is 2.27. The van der Waals surface area contributed by atoms with Gasteiger partial charge in [-0.05, 0) is 26.1 Å². The lowest BCUT2D eigenvalue weighted by Crippen LogP contribution is -2.37. The lowest BCUT2D eigenvalue weighted by atomic mass is 10.2. The molecule has 1 aliphatic heterocycles. The molecule has 0 saturated carbocycles. The molecule has 1 fully saturated rings. The molecule has 10 nitrogen and oxygen atoms in total. The molecule has 0 aromatic carbocycles. The zero-order valence-electron chi connectivity index (χ0n) is 19.0. The number of carbonyl (C=O) groups is 1. The van der Waals surface area contributed by atoms with E-state index in [1.807, 2.05) is 13.8 Å². The minimum absolute atomic E-state index is 0.0511. The molecule has 1 aromatic rings. The number of hydrogen-bond donors (Lipinski definition) is 2. The number of nitrogens with zero attached hydrogens (tertiary/aromatic N) is 2. The van der Waals surface area contributed by atoms with Crippen LogP contribution in [0.2, 0.25) is 0 Å². The third-order valence-electron chi connectivity index (χ3n) is 5.34. The normalized spacial score (nSPS) is 20.3. The summed E-state index contributed by atoms with van der Waals surface area (Å²) in [6.45, 7) is 6.71. The number of alkyl carbamates (subject to hydrolysis) is 1. The number of halogens is 3. The number of nitrogens with one attached hydrogen (secondary N) is 2. The molecule has 1 amide bonds. The molecule has 2 heterocycles. The van der Waals surface area contributed by atoms with Crippen LogP contribution in [0.5, 0.6) is 0 Å². The molecule has 13 heteroatoms. The van der Waals surface area contributed by atoms with Crippen LogP contribution in [0.3, 0.4) is 0 Å². The Morgan fingerprint density at radius 1 is 1.38 bits per heavy atom. The molecular formula is C21H29F3N4O6. The molecule has 0 radical (unpaired) electrons. The lowest BCUT2D eigenvalue weighted by Gasteiger charge is -2.19. The molecule has 0 bridgehead atoms. The van der Waals surface area contributed by atoms with Crippen LogP contribution in [0.4, 0.5) is 18.0 Å². The van der Waals surface area contributed by atoms with Gasteiger partial charge in [-0.1, -0.05) is 19.8 Å². The molecule has 0 spiro atoms. The minimum Gasteiger partial charge on any atom is -0.447 e. The van der Waals surface area contributed by atoms with Crippen molar-refractivity contribution in [1.82, 2.24) is 19.8 Å². The van der Waals surface area contributed by atoms with E-state index in [-0.39, 0.29) is 19.6 Å². The van der Waals surface area contributed by atoms with Crippen LogP contribution >= 0.6 is 0 Å². The fourth-order valence-corrected chi connectivity index (χ4v) is 3.49. The van der Waals surface area contributed by atoms with Gasteiger partial charge in [-0.3, -0.25) is 14.3 Å². The first-order chi connectivity index (χ1) is 16.1. The van der Waals surface area contributed by atoms with Crippen molar-refractivity contribution >= 4 is 6.09 Å². The zero-order valence-corrected chi connectivity index (χ0v) is 19.0. The van der Waals surface area contributed by atoms with E-state index in [9.17, 15) is 27.6 Å². The Kier molecular flexibility index (Phi) is 10.2. The third kappa shape index (κ3) is 7.61. The van der Waals surface area contributed by atoms with Crippen molar-refractivity contribution in [3.05, 3.63) is 32.6 Å². The predicted octanol–water partition coefficient (Wildman–Crippen LogP) is 1.32. The Bertz CT molecular complexity index is 967. The van der Waals surface area contributed by atoms with Gasteiger partial charge in [0.1, 0.15) is 31.1 Å². The highest BCUT2D eigenvalue weighted by Gasteiger charge is 2.40. The van der Waals surface area contributed by atoms with Crippen LogP contribution in [0.1, 0.15) is 38.5 Å². The first kappa shape index (κ1) is 27.4. The monoisotopic (exact) mass is 490 g/mol. The van der Waals surface area contributed by atoms with E-state index in [0.717, 1.165) is 26.1 Å². The lowest BCUT2D eigenvalue weighted by molar-refractivity contribution is -0.139. The number of carbonyl (C=O) groups excluding carboxylic acids is 1. The summed E-state index contributed by atoms with van der Waals surface area (Å²) in [6.07, 6.45) is -2.23. The maximum absolute atomic E-state index is 13.1. The molecule has 34 heavy (non-hydrogen) atoms. The molecular weight excluding hydrogens is 461 g/mol. The molecule has 2 rings (SSSR count). The van der Waals surface area contributed by atoms with E-state index in [4.69, 9.17) is 20.6 Å². The van der Waals surface area contributed by atoms with Gasteiger partial charge in [-0.2, -0.15) is 13.2 Å². The standard InChI is InChI=1S/C21H29F3N4O6/c1-4-10-32-15-11-17(28-12-14(21(22,23)24)18(29)26-19(28)30)34-16(15)13-33-20(31)25-8-7-9-27(5-2)6-3/h1,12,15-17H,5-11,13H2,2-3H3,(H,25,31)(H,26,29,30)/t15-,16+,17+/m0/s1. The van der Waals surface area contributed by atoms with E-state index in [0.29, 0.717) is 17.3 Å². The molecule has 0 aliphatic carbocycles. The van der Waals surface area contributed by atoms with Gasteiger partial charge in [0.05, 0.1) is 6.10 Å². The minimum atomic E-state index is -4.97. The number of terminal acetylenes is 1. The Balaban J connectivity index is 2.01. The highest BCUT2D eigenvalue weighted by molar-refractivity contribution is 5.67. The number of aromatic nitrogens is 2. The van der Waals surface area contributed by atoms with Gasteiger partial charge < -0.3 is 24.4 Å². The highest BCUT2D eigenvalue weighted by atomic mass is 19.4. The van der Waals surface area contributed by atoms with Gasteiger partial charge in [0.25, 0.3) is 5.56 Å². The Labute approximate surface area is 194 Å². The Hall–Kier alpha value is -2.82. The maximum Gasteiger partial charge on any atom is 0.423 e. The number of ether oxygens (including phenoxy) is 3. The SMILES string of the molecule is C#CCO[C@H]1C[C@H](n2cc(C(F)(F)F)c(=O)[nH]c2=O)O[C@@H]1COC(=O)NCCCN(CC)CC. The van der Waals surface area contributed by atoms with Crippen LogP contribution in [-0.4, -0.2) is 72.1 Å². The van der Waals surface area contributed by atoms with E-state index in [1.54, 1.807) is 4.98 Å². The average Bonchev–Trinajstić information content (AvgIpc) is 3.18. The van der Waals surface area contributed by atoms with Crippen molar-refractivity contribution in [2.45, 2.75) is 51.3 Å². The van der Waals surface area contributed by atoms with Crippen molar-refractivity contribution in [1.29, 1.82) is 0 Å². The number of rotatable bonds is 11. The van der Waals surface area contributed by atoms with E-state index in [2.05, 4.69) is 16.1 Å². The van der Waals surface area contributed by atoms with Gasteiger partial charge >= 0.3 is 18.0 Å². The molecule has 2 N–H and O–H groups in total. The van der Waals surface area contributed by atoms with Crippen molar-refractivity contribution < 1.29 is 32.2 Å². The summed E-state index contributed by atoms with van der Waals surface area (Å²) < 4.78 is 56.2. The van der Waals surface area contributed by atoms with Crippen LogP contribution < -0.4 is 16.6 Å². The van der Waals surface area contributed by atoms with Crippen LogP contribution in [0.25, 0.3) is 0 Å². The van der Waals surface area contributed by atoms with Gasteiger partial charge in [0.15, 0.2) is 0 Å². The topological polar surface area (TPSA) is 115 Å². The van der Waals surface area contributed by atoms with Crippen molar-refractivity contribution in [3.63, 3.8) is 0 Å². The van der Waals surface area contributed by atoms with Gasteiger partial charge in [0.2, 0.25) is 0 Å². The largest absolute Gasteiger partial charge is 0.447 e. The summed E-state index contributed by atoms with van der Waals surface area (Å²) in [4.78, 5) is 39.5. The molecule has 1 aliphatic rings.